The van der Waals surface area contributed by atoms with E-state index in [2.05, 4.69) is 72.3 Å². The summed E-state index contributed by atoms with van der Waals surface area (Å²) in [6.45, 7) is 13.8. The fourth-order valence-corrected chi connectivity index (χ4v) is 5.74. The van der Waals surface area contributed by atoms with Gasteiger partial charge < -0.3 is 68.6 Å². The summed E-state index contributed by atoms with van der Waals surface area (Å²) in [6, 6.07) is 23.7. The van der Waals surface area contributed by atoms with Crippen molar-refractivity contribution in [2.45, 2.75) is 61.1 Å². The molecule has 0 saturated carbocycles. The van der Waals surface area contributed by atoms with Gasteiger partial charge in [0.05, 0.1) is 48.4 Å². The Morgan fingerprint density at radius 3 is 1.04 bits per heavy atom. The van der Waals surface area contributed by atoms with Crippen LogP contribution < -0.4 is 68.6 Å². The van der Waals surface area contributed by atoms with Crippen LogP contribution in [0.5, 0.6) is 23.0 Å². The van der Waals surface area contributed by atoms with Crippen LogP contribution in [-0.4, -0.2) is 26.4 Å². The van der Waals surface area contributed by atoms with E-state index in [0.717, 1.165) is 19.6 Å². The smallest absolute Gasteiger partial charge is 1.00 e. The summed E-state index contributed by atoms with van der Waals surface area (Å²) in [4.78, 5) is 10.6. The molecule has 49 heavy (non-hydrogen) atoms. The van der Waals surface area contributed by atoms with Gasteiger partial charge in [0, 0.05) is 21.9 Å². The van der Waals surface area contributed by atoms with Crippen LogP contribution >= 0.6 is 23.5 Å². The first-order chi connectivity index (χ1) is 21.3. The second-order valence-corrected chi connectivity index (χ2v) is 11.5. The fourth-order valence-electron chi connectivity index (χ4n) is 3.92. The van der Waals surface area contributed by atoms with Gasteiger partial charge in [-0.25, -0.2) is 0 Å². The van der Waals surface area contributed by atoms with E-state index in [4.69, 9.17) is 29.7 Å². The first-order valence-corrected chi connectivity index (χ1v) is 16.0. The second kappa shape index (κ2) is 27.2. The molecular formula is C34H38Cl4N4O4S2Zn. The molecule has 260 valence electrons. The largest absolute Gasteiger partial charge is 2.00 e. The zero-order valence-corrected chi connectivity index (χ0v) is 35.8. The van der Waals surface area contributed by atoms with Crippen LogP contribution in [-0.2, 0) is 19.5 Å². The van der Waals surface area contributed by atoms with Crippen molar-refractivity contribution in [3.8, 4) is 23.0 Å². The summed E-state index contributed by atoms with van der Waals surface area (Å²) in [7, 11) is 0. The van der Waals surface area contributed by atoms with Gasteiger partial charge in [-0.1, -0.05) is 58.9 Å². The predicted molar refractivity (Wildman–Crippen MR) is 178 cm³/mol. The van der Waals surface area contributed by atoms with Crippen LogP contribution in [0.15, 0.2) is 92.4 Å². The fraction of sp³-hybridized carbons (Fsp3) is 0.294. The van der Waals surface area contributed by atoms with Gasteiger partial charge in [-0.05, 0) is 65.8 Å². The second-order valence-electron chi connectivity index (χ2n) is 9.30. The zero-order valence-electron chi connectivity index (χ0n) is 28.2. The summed E-state index contributed by atoms with van der Waals surface area (Å²) in [5.74, 6) is 2.46. The van der Waals surface area contributed by atoms with Gasteiger partial charge in [0.2, 0.25) is 22.3 Å². The maximum atomic E-state index is 9.13. The summed E-state index contributed by atoms with van der Waals surface area (Å²) in [5.41, 5.74) is 3.19. The molecule has 0 bridgehead atoms. The summed E-state index contributed by atoms with van der Waals surface area (Å²) in [6.07, 6.45) is 0. The Balaban J connectivity index is -0.000000784. The quantitative estimate of drug-likeness (QED) is 0.131. The third-order valence-electron chi connectivity index (χ3n) is 5.96. The molecule has 0 atom stereocenters. The van der Waals surface area contributed by atoms with Crippen molar-refractivity contribution in [3.63, 3.8) is 0 Å². The molecule has 0 fully saturated rings. The molecule has 0 heterocycles. The van der Waals surface area contributed by atoms with E-state index in [1.54, 1.807) is 35.7 Å². The minimum Gasteiger partial charge on any atom is -1.00 e. The van der Waals surface area contributed by atoms with Crippen LogP contribution in [0.1, 0.15) is 38.8 Å². The van der Waals surface area contributed by atoms with E-state index in [0.29, 0.717) is 60.8 Å². The van der Waals surface area contributed by atoms with E-state index < -0.39 is 0 Å². The Morgan fingerprint density at radius 1 is 0.490 bits per heavy atom. The first kappa shape index (κ1) is 50.8. The van der Waals surface area contributed by atoms with Crippen molar-refractivity contribution >= 4 is 34.9 Å². The first-order valence-electron chi connectivity index (χ1n) is 14.4. The maximum absolute atomic E-state index is 9.13. The number of ether oxygens (including phenoxy) is 4. The van der Waals surface area contributed by atoms with Gasteiger partial charge in [0.25, 0.3) is 0 Å². The molecule has 4 aromatic carbocycles. The molecule has 0 aliphatic heterocycles. The van der Waals surface area contributed by atoms with Crippen molar-refractivity contribution < 1.29 is 88.1 Å². The number of nitrogens with zero attached hydrogens (tertiary/aromatic N) is 4. The Labute approximate surface area is 335 Å². The number of hydrogen-bond acceptors (Lipinski definition) is 8. The van der Waals surface area contributed by atoms with E-state index in [1.807, 2.05) is 39.8 Å². The van der Waals surface area contributed by atoms with Crippen molar-refractivity contribution in [3.05, 3.63) is 93.9 Å². The molecule has 4 rings (SSSR count). The number of aryl methyl sites for hydroxylation is 2. The van der Waals surface area contributed by atoms with Crippen molar-refractivity contribution in [2.75, 3.05) is 26.4 Å². The Kier molecular flexibility index (Phi) is 28.2. The molecule has 0 unspecified atom stereocenters. The van der Waals surface area contributed by atoms with E-state index in [1.165, 1.54) is 11.1 Å². The number of diazo groups is 2. The minimum atomic E-state index is 0. The van der Waals surface area contributed by atoms with Crippen molar-refractivity contribution in [1.82, 2.24) is 0 Å². The molecule has 0 spiro atoms. The number of hydrogen-bond donors (Lipinski definition) is 0. The Morgan fingerprint density at radius 2 is 0.776 bits per heavy atom. The van der Waals surface area contributed by atoms with Crippen LogP contribution in [0.25, 0.3) is 9.95 Å². The standard InChI is InChI=1S/2C17H19N2O2S.4ClH.Zn/c2*1-4-20-15-11-17(16(21-5-2)10-14(15)19-18)22-13-8-6-12(3)7-9-13;;;;;/h2*6-11H,4-5H2,1-3H3;4*1H;/q2*+1;;;;;+2/p-4. The summed E-state index contributed by atoms with van der Waals surface area (Å²) in [5, 5.41) is 18.3. The molecule has 0 N–H and O–H groups in total. The van der Waals surface area contributed by atoms with Crippen molar-refractivity contribution in [2.24, 2.45) is 0 Å². The molecule has 0 aliphatic carbocycles. The Bertz CT molecular complexity index is 1500. The molecule has 0 amide bonds. The average Bonchev–Trinajstić information content (AvgIpc) is 3.02. The van der Waals surface area contributed by atoms with Crippen molar-refractivity contribution in [1.29, 1.82) is 10.8 Å². The van der Waals surface area contributed by atoms with E-state index in [9.17, 15) is 0 Å². The molecule has 0 radical (unpaired) electrons. The molecule has 0 aliphatic rings. The molecular weight excluding hydrogens is 800 g/mol. The van der Waals surface area contributed by atoms with Crippen LogP contribution in [0.2, 0.25) is 0 Å². The van der Waals surface area contributed by atoms with Gasteiger partial charge in [-0.2, -0.15) is 0 Å². The summed E-state index contributed by atoms with van der Waals surface area (Å²) < 4.78 is 22.4. The third-order valence-corrected chi connectivity index (χ3v) is 8.06. The van der Waals surface area contributed by atoms with Crippen LogP contribution in [0.3, 0.4) is 0 Å². The topological polar surface area (TPSA) is 93.2 Å². The van der Waals surface area contributed by atoms with Gasteiger partial charge in [0.15, 0.2) is 9.95 Å². The van der Waals surface area contributed by atoms with Gasteiger partial charge in [-0.3, -0.25) is 0 Å². The van der Waals surface area contributed by atoms with Gasteiger partial charge in [0.1, 0.15) is 11.5 Å². The third kappa shape index (κ3) is 15.9. The van der Waals surface area contributed by atoms with Gasteiger partial charge in [-0.15, -0.1) is 0 Å². The normalized spacial score (nSPS) is 9.06. The molecule has 0 aromatic heterocycles. The Hall–Kier alpha value is -2.60. The SMILES string of the molecule is CCOc1cc(Sc2ccc(C)cc2)c(OCC)cc1[N+]#N.CCOc1cc(Sc2ccc(C)cc2)c(OCC)cc1[N+]#N.[Cl-].[Cl-].[Cl-].[Cl-].[Zn+2]. The number of benzene rings is 4. The molecule has 8 nitrogen and oxygen atoms in total. The monoisotopic (exact) mass is 834 g/mol. The van der Waals surface area contributed by atoms with E-state index >= 15 is 0 Å². The van der Waals surface area contributed by atoms with Crippen LogP contribution in [0, 0.1) is 24.6 Å². The molecule has 15 heteroatoms. The molecule has 0 saturated heterocycles. The predicted octanol–water partition coefficient (Wildman–Crippen LogP) is -1.13. The maximum Gasteiger partial charge on any atom is 2.00 e. The van der Waals surface area contributed by atoms with Crippen LogP contribution in [0.4, 0.5) is 11.4 Å². The average molecular weight is 838 g/mol. The zero-order chi connectivity index (χ0) is 31.9. The number of halogens is 4. The summed E-state index contributed by atoms with van der Waals surface area (Å²) >= 11 is 3.19. The van der Waals surface area contributed by atoms with Gasteiger partial charge >= 0.3 is 30.9 Å². The van der Waals surface area contributed by atoms with E-state index in [-0.39, 0.29) is 69.1 Å². The molecule has 4 aromatic rings. The minimum absolute atomic E-state index is 0. The number of rotatable bonds is 12.